The average Bonchev–Trinajstić information content (AvgIpc) is 3.20. The van der Waals surface area contributed by atoms with Crippen LogP contribution in [0.3, 0.4) is 0 Å². The van der Waals surface area contributed by atoms with Gasteiger partial charge in [0, 0.05) is 44.1 Å². The third-order valence-electron chi connectivity index (χ3n) is 4.22. The van der Waals surface area contributed by atoms with Crippen LogP contribution in [0.4, 0.5) is 0 Å². The van der Waals surface area contributed by atoms with Crippen molar-refractivity contribution in [2.45, 2.75) is 6.10 Å². The van der Waals surface area contributed by atoms with Crippen LogP contribution in [-0.4, -0.2) is 52.9 Å². The maximum Gasteiger partial charge on any atom is 0.273 e. The predicted octanol–water partition coefficient (Wildman–Crippen LogP) is 2.57. The monoisotopic (exact) mass is 343 g/mol. The van der Waals surface area contributed by atoms with E-state index >= 15 is 0 Å². The third kappa shape index (κ3) is 2.42. The van der Waals surface area contributed by atoms with E-state index in [9.17, 15) is 9.59 Å². The number of ether oxygens (including phenoxy) is 1. The van der Waals surface area contributed by atoms with Crippen molar-refractivity contribution in [1.82, 2.24) is 14.9 Å². The quantitative estimate of drug-likeness (QED) is 0.739. The van der Waals surface area contributed by atoms with Crippen LogP contribution in [0.2, 0.25) is 0 Å². The van der Waals surface area contributed by atoms with Crippen LogP contribution >= 0.6 is 11.3 Å². The normalized spacial score (nSPS) is 14.8. The fourth-order valence-electron chi connectivity index (χ4n) is 2.77. The van der Waals surface area contributed by atoms with E-state index in [1.165, 1.54) is 11.3 Å². The maximum atomic E-state index is 12.7. The molecule has 2 aromatic heterocycles. The van der Waals surface area contributed by atoms with E-state index < -0.39 is 0 Å². The molecule has 0 atom stereocenters. The highest BCUT2D eigenvalue weighted by molar-refractivity contribution is 7.12. The van der Waals surface area contributed by atoms with Gasteiger partial charge in [0.05, 0.1) is 11.7 Å². The fourth-order valence-corrected chi connectivity index (χ4v) is 3.51. The number of nitrogens with one attached hydrogen (secondary N) is 1. The van der Waals surface area contributed by atoms with Crippen molar-refractivity contribution in [2.24, 2.45) is 0 Å². The second-order valence-electron chi connectivity index (χ2n) is 5.68. The van der Waals surface area contributed by atoms with Crippen molar-refractivity contribution < 1.29 is 15.8 Å². The van der Waals surface area contributed by atoms with Crippen LogP contribution in [-0.2, 0) is 4.74 Å². The van der Waals surface area contributed by atoms with E-state index in [2.05, 4.69) is 9.97 Å². The van der Waals surface area contributed by atoms with Gasteiger partial charge in [-0.3, -0.25) is 9.59 Å². The Morgan fingerprint density at radius 2 is 2.17 bits per heavy atom. The summed E-state index contributed by atoms with van der Waals surface area (Å²) < 4.78 is 5.17. The van der Waals surface area contributed by atoms with Crippen molar-refractivity contribution in [3.63, 3.8) is 0 Å². The SMILES string of the molecule is COC1CN(C(=O)c2csc(C(=O)c3c[nH]c4ccccc34)n2)C1.[HH]. The predicted molar refractivity (Wildman–Crippen MR) is 92.7 cm³/mol. The van der Waals surface area contributed by atoms with Crippen LogP contribution in [0.5, 0.6) is 0 Å². The van der Waals surface area contributed by atoms with Crippen LogP contribution in [0.15, 0.2) is 35.8 Å². The van der Waals surface area contributed by atoms with Crippen molar-refractivity contribution in [1.29, 1.82) is 0 Å². The number of hydrogen-bond acceptors (Lipinski definition) is 5. The Morgan fingerprint density at radius 3 is 2.96 bits per heavy atom. The van der Waals surface area contributed by atoms with Gasteiger partial charge in [-0.15, -0.1) is 11.3 Å². The fraction of sp³-hybridized carbons (Fsp3) is 0.235. The highest BCUT2D eigenvalue weighted by atomic mass is 32.1. The van der Waals surface area contributed by atoms with Gasteiger partial charge >= 0.3 is 0 Å². The summed E-state index contributed by atoms with van der Waals surface area (Å²) in [6, 6.07) is 7.61. The van der Waals surface area contributed by atoms with Crippen molar-refractivity contribution in [3.8, 4) is 0 Å². The topological polar surface area (TPSA) is 75.3 Å². The van der Waals surface area contributed by atoms with Gasteiger partial charge in [0.25, 0.3) is 5.91 Å². The number of fused-ring (bicyclic) bond motifs is 1. The molecule has 0 aliphatic carbocycles. The maximum absolute atomic E-state index is 12.7. The van der Waals surface area contributed by atoms with Crippen LogP contribution in [0.1, 0.15) is 27.3 Å². The van der Waals surface area contributed by atoms with Gasteiger partial charge in [-0.2, -0.15) is 0 Å². The summed E-state index contributed by atoms with van der Waals surface area (Å²) in [5, 5.41) is 2.83. The number of methoxy groups -OCH3 is 1. The minimum Gasteiger partial charge on any atom is -0.378 e. The number of carbonyl (C=O) groups excluding carboxylic acids is 2. The standard InChI is InChI=1S/C17H15N3O3S.H2/c1-23-10-7-20(8-10)17(22)14-9-24-16(19-14)15(21)12-6-18-13-5-3-2-4-11(12)13;/h2-6,9-10,18H,7-8H2,1H3;1H. The second kappa shape index (κ2) is 5.85. The molecule has 0 bridgehead atoms. The summed E-state index contributed by atoms with van der Waals surface area (Å²) in [6.45, 7) is 1.14. The average molecular weight is 343 g/mol. The summed E-state index contributed by atoms with van der Waals surface area (Å²) in [5.74, 6) is -0.326. The number of amides is 1. The molecule has 24 heavy (non-hydrogen) atoms. The zero-order chi connectivity index (χ0) is 16.7. The number of carbonyl (C=O) groups is 2. The molecular formula is C17H17N3O3S. The number of aromatic amines is 1. The summed E-state index contributed by atoms with van der Waals surface area (Å²) in [5.41, 5.74) is 1.79. The third-order valence-corrected chi connectivity index (χ3v) is 5.06. The summed E-state index contributed by atoms with van der Waals surface area (Å²) in [4.78, 5) is 34.0. The van der Waals surface area contributed by atoms with Crippen molar-refractivity contribution in [3.05, 3.63) is 52.1 Å². The van der Waals surface area contributed by atoms with E-state index in [0.29, 0.717) is 29.4 Å². The number of thiazole rings is 1. The second-order valence-corrected chi connectivity index (χ2v) is 6.54. The molecule has 3 aromatic rings. The Kier molecular flexibility index (Phi) is 3.66. The number of hydrogen-bond donors (Lipinski definition) is 1. The highest BCUT2D eigenvalue weighted by Crippen LogP contribution is 2.23. The first-order valence-electron chi connectivity index (χ1n) is 7.56. The summed E-state index contributed by atoms with van der Waals surface area (Å²) in [7, 11) is 1.63. The smallest absolute Gasteiger partial charge is 0.273 e. The molecule has 4 rings (SSSR count). The molecule has 1 aliphatic rings. The Balaban J connectivity index is 0.00000182. The molecule has 3 heterocycles. The Labute approximate surface area is 143 Å². The number of para-hydroxylation sites is 1. The van der Waals surface area contributed by atoms with Crippen LogP contribution in [0.25, 0.3) is 10.9 Å². The van der Waals surface area contributed by atoms with E-state index in [0.717, 1.165) is 10.9 Å². The number of likely N-dealkylation sites (tertiary alicyclic amines) is 1. The van der Waals surface area contributed by atoms with Gasteiger partial charge in [-0.1, -0.05) is 18.2 Å². The molecule has 0 saturated carbocycles. The van der Waals surface area contributed by atoms with Gasteiger partial charge in [0.15, 0.2) is 5.01 Å². The molecule has 1 fully saturated rings. The van der Waals surface area contributed by atoms with E-state index in [1.807, 2.05) is 24.3 Å². The minimum absolute atomic E-state index is 0. The van der Waals surface area contributed by atoms with Crippen LogP contribution < -0.4 is 0 Å². The first-order chi connectivity index (χ1) is 11.7. The molecule has 7 heteroatoms. The van der Waals surface area contributed by atoms with E-state index in [1.54, 1.807) is 23.6 Å². The molecule has 0 unspecified atom stereocenters. The van der Waals surface area contributed by atoms with Crippen molar-refractivity contribution >= 4 is 33.9 Å². The molecule has 1 amide bonds. The van der Waals surface area contributed by atoms with Crippen LogP contribution in [0, 0.1) is 0 Å². The number of benzene rings is 1. The summed E-state index contributed by atoms with van der Waals surface area (Å²) in [6.07, 6.45) is 1.79. The van der Waals surface area contributed by atoms with Gasteiger partial charge in [-0.25, -0.2) is 4.98 Å². The molecule has 1 aliphatic heterocycles. The largest absolute Gasteiger partial charge is 0.378 e. The molecule has 0 spiro atoms. The van der Waals surface area contributed by atoms with Gasteiger partial charge in [-0.05, 0) is 6.07 Å². The zero-order valence-electron chi connectivity index (χ0n) is 13.0. The van der Waals surface area contributed by atoms with Gasteiger partial charge in [0.2, 0.25) is 5.78 Å². The molecule has 1 saturated heterocycles. The molecule has 1 aromatic carbocycles. The first-order valence-corrected chi connectivity index (χ1v) is 8.43. The lowest BCUT2D eigenvalue weighted by Gasteiger charge is -2.37. The zero-order valence-corrected chi connectivity index (χ0v) is 13.8. The van der Waals surface area contributed by atoms with Gasteiger partial charge in [0.1, 0.15) is 5.69 Å². The Bertz CT molecular complexity index is 930. The number of ketones is 1. The van der Waals surface area contributed by atoms with E-state index in [4.69, 9.17) is 4.74 Å². The number of aromatic nitrogens is 2. The molecule has 6 nitrogen and oxygen atoms in total. The Hall–Kier alpha value is -2.51. The lowest BCUT2D eigenvalue weighted by Crippen LogP contribution is -2.54. The van der Waals surface area contributed by atoms with Gasteiger partial charge < -0.3 is 14.6 Å². The lowest BCUT2D eigenvalue weighted by atomic mass is 10.1. The molecule has 0 radical (unpaired) electrons. The minimum atomic E-state index is -0.171. The first kappa shape index (κ1) is 15.0. The summed E-state index contributed by atoms with van der Waals surface area (Å²) >= 11 is 1.20. The molecule has 1 N–H and O–H groups in total. The molecule has 124 valence electrons. The van der Waals surface area contributed by atoms with Crippen molar-refractivity contribution in [2.75, 3.05) is 20.2 Å². The van der Waals surface area contributed by atoms with E-state index in [-0.39, 0.29) is 19.2 Å². The number of rotatable bonds is 4. The Morgan fingerprint density at radius 1 is 1.38 bits per heavy atom. The molecular weight excluding hydrogens is 326 g/mol. The lowest BCUT2D eigenvalue weighted by molar-refractivity contribution is -0.0194. The number of H-pyrrole nitrogens is 1. The number of nitrogens with zero attached hydrogens (tertiary/aromatic N) is 2. The highest BCUT2D eigenvalue weighted by Gasteiger charge is 2.32.